The first kappa shape index (κ1) is 6.07. The molecule has 0 aliphatic rings. The summed E-state index contributed by atoms with van der Waals surface area (Å²) in [6.07, 6.45) is 0.655. The van der Waals surface area contributed by atoms with Crippen LogP contribution in [0.5, 0.6) is 0 Å². The zero-order valence-electron chi connectivity index (χ0n) is 4.18. The molecule has 0 spiro atoms. The van der Waals surface area contributed by atoms with E-state index in [1.165, 1.54) is 0 Å². The van der Waals surface area contributed by atoms with Crippen LogP contribution in [0.4, 0.5) is 0 Å². The Morgan fingerprint density at radius 1 is 1.86 bits per heavy atom. The number of hydrogen-bond donors (Lipinski definition) is 2. The molecule has 0 heterocycles. The van der Waals surface area contributed by atoms with E-state index >= 15 is 0 Å². The number of amidine groups is 1. The Bertz CT molecular complexity index is 84.9. The first-order chi connectivity index (χ1) is 3.31. The lowest BCUT2D eigenvalue weighted by Crippen LogP contribution is -2.07. The van der Waals surface area contributed by atoms with Gasteiger partial charge in [-0.05, 0) is 0 Å². The lowest BCUT2D eigenvalue weighted by molar-refractivity contribution is 0.973. The third-order valence-corrected chi connectivity index (χ3v) is 0.541. The Kier molecular flexibility index (Phi) is 2.83. The van der Waals surface area contributed by atoms with Crippen molar-refractivity contribution in [2.45, 2.75) is 13.3 Å². The van der Waals surface area contributed by atoms with Crippen LogP contribution in [0.1, 0.15) is 13.3 Å². The van der Waals surface area contributed by atoms with Crippen LogP contribution in [0.3, 0.4) is 0 Å². The minimum absolute atomic E-state index is 0.398. The third kappa shape index (κ3) is 2.88. The van der Waals surface area contributed by atoms with Crippen LogP contribution >= 0.6 is 0 Å². The number of nitrogens with one attached hydrogen (secondary N) is 1. The summed E-state index contributed by atoms with van der Waals surface area (Å²) in [5.41, 5.74) is 11.3. The van der Waals surface area contributed by atoms with Crippen molar-refractivity contribution >= 4 is 5.84 Å². The van der Waals surface area contributed by atoms with Crippen molar-refractivity contribution in [2.24, 2.45) is 16.1 Å². The number of hydrogen-bond acceptors (Lipinski definition) is 2. The molecule has 3 N–H and O–H groups in total. The predicted molar refractivity (Wildman–Crippen MR) is 27.1 cm³/mol. The van der Waals surface area contributed by atoms with Crippen molar-refractivity contribution in [3.63, 3.8) is 0 Å². The topological polar surface area (TPSA) is 74.6 Å². The molecule has 0 aliphatic carbocycles. The SMILES string of the molecule is CC/C(N)=N/N=N. The molecule has 0 fully saturated rings. The van der Waals surface area contributed by atoms with Gasteiger partial charge in [0.2, 0.25) is 0 Å². The van der Waals surface area contributed by atoms with Gasteiger partial charge in [0, 0.05) is 6.42 Å². The number of nitrogens with two attached hydrogens (primary N) is 1. The molecule has 4 heteroatoms. The monoisotopic (exact) mass is 100 g/mol. The molecule has 0 aliphatic heterocycles. The fourth-order valence-electron chi connectivity index (χ4n) is 0.135. The van der Waals surface area contributed by atoms with Crippen molar-refractivity contribution in [1.29, 1.82) is 5.53 Å². The standard InChI is InChI=1S/C3H8N4/c1-2-3(4)6-7-5/h2H2,1H3,(H3,4,5,6). The molecule has 40 valence electrons. The van der Waals surface area contributed by atoms with Crippen LogP contribution in [0, 0.1) is 5.53 Å². The van der Waals surface area contributed by atoms with Crippen LogP contribution < -0.4 is 5.73 Å². The van der Waals surface area contributed by atoms with Gasteiger partial charge in [0.05, 0.1) is 0 Å². The summed E-state index contributed by atoms with van der Waals surface area (Å²) in [4.78, 5) is 0. The molecule has 4 nitrogen and oxygen atoms in total. The summed E-state index contributed by atoms with van der Waals surface area (Å²) in [5.74, 6) is 0.398. The molecule has 0 aromatic rings. The van der Waals surface area contributed by atoms with Crippen LogP contribution in [-0.2, 0) is 0 Å². The summed E-state index contributed by atoms with van der Waals surface area (Å²) in [7, 11) is 0. The Hall–Kier alpha value is -0.930. The molecular formula is C3H8N4. The van der Waals surface area contributed by atoms with Crippen molar-refractivity contribution in [3.8, 4) is 0 Å². The third-order valence-electron chi connectivity index (χ3n) is 0.541. The highest BCUT2D eigenvalue weighted by Crippen LogP contribution is 1.75. The van der Waals surface area contributed by atoms with Crippen molar-refractivity contribution in [3.05, 3.63) is 0 Å². The van der Waals surface area contributed by atoms with Gasteiger partial charge in [0.25, 0.3) is 0 Å². The van der Waals surface area contributed by atoms with E-state index in [1.807, 2.05) is 6.92 Å². The molecule has 0 aromatic heterocycles. The van der Waals surface area contributed by atoms with Gasteiger partial charge in [0.1, 0.15) is 5.84 Å². The zero-order valence-corrected chi connectivity index (χ0v) is 4.18. The van der Waals surface area contributed by atoms with Gasteiger partial charge < -0.3 is 5.73 Å². The van der Waals surface area contributed by atoms with Gasteiger partial charge in [0.15, 0.2) is 0 Å². The maximum Gasteiger partial charge on any atom is 0.123 e. The Labute approximate surface area is 41.9 Å². The van der Waals surface area contributed by atoms with E-state index in [-0.39, 0.29) is 0 Å². The average molecular weight is 100 g/mol. The molecule has 0 unspecified atom stereocenters. The highest BCUT2D eigenvalue weighted by Gasteiger charge is 1.79. The van der Waals surface area contributed by atoms with E-state index in [9.17, 15) is 0 Å². The van der Waals surface area contributed by atoms with Gasteiger partial charge in [-0.1, -0.05) is 12.1 Å². The molecule has 0 rings (SSSR count). The molecule has 0 aromatic carbocycles. The van der Waals surface area contributed by atoms with Gasteiger partial charge in [-0.25, -0.2) is 0 Å². The zero-order chi connectivity index (χ0) is 5.70. The van der Waals surface area contributed by atoms with Crippen LogP contribution in [0.25, 0.3) is 0 Å². The van der Waals surface area contributed by atoms with Gasteiger partial charge in [-0.2, -0.15) is 5.53 Å². The normalized spacial score (nSPS) is 11.3. The number of nitrogens with zero attached hydrogens (tertiary/aromatic N) is 2. The molecular weight excluding hydrogens is 92.1 g/mol. The maximum atomic E-state index is 6.19. The smallest absolute Gasteiger partial charge is 0.123 e. The molecule has 0 saturated heterocycles. The Balaban J connectivity index is 3.49. The second kappa shape index (κ2) is 3.27. The van der Waals surface area contributed by atoms with E-state index in [0.717, 1.165) is 0 Å². The van der Waals surface area contributed by atoms with Gasteiger partial charge in [-0.15, -0.1) is 5.10 Å². The lowest BCUT2D eigenvalue weighted by atomic mass is 10.5. The first-order valence-corrected chi connectivity index (χ1v) is 2.00. The molecule has 7 heavy (non-hydrogen) atoms. The van der Waals surface area contributed by atoms with Gasteiger partial charge >= 0.3 is 0 Å². The van der Waals surface area contributed by atoms with Crippen molar-refractivity contribution in [2.75, 3.05) is 0 Å². The Morgan fingerprint density at radius 3 is 2.57 bits per heavy atom. The minimum atomic E-state index is 0.398. The average Bonchev–Trinajstić information content (AvgIpc) is 1.68. The predicted octanol–water partition coefficient (Wildman–Crippen LogP) is 0.700. The van der Waals surface area contributed by atoms with E-state index in [0.29, 0.717) is 12.3 Å². The first-order valence-electron chi connectivity index (χ1n) is 2.00. The van der Waals surface area contributed by atoms with E-state index in [1.54, 1.807) is 0 Å². The maximum absolute atomic E-state index is 6.19. The second-order valence-corrected chi connectivity index (χ2v) is 1.04. The van der Waals surface area contributed by atoms with E-state index in [2.05, 4.69) is 10.3 Å². The molecule has 0 amide bonds. The fraction of sp³-hybridized carbons (Fsp3) is 0.667. The summed E-state index contributed by atoms with van der Waals surface area (Å²) in [6, 6.07) is 0. The van der Waals surface area contributed by atoms with E-state index < -0.39 is 0 Å². The largest absolute Gasteiger partial charge is 0.386 e. The summed E-state index contributed by atoms with van der Waals surface area (Å²) in [5, 5.41) is 5.95. The molecule has 0 saturated carbocycles. The van der Waals surface area contributed by atoms with Crippen molar-refractivity contribution in [1.82, 2.24) is 0 Å². The summed E-state index contributed by atoms with van der Waals surface area (Å²) in [6.45, 7) is 1.85. The molecule has 0 bridgehead atoms. The van der Waals surface area contributed by atoms with Crippen LogP contribution in [0.15, 0.2) is 10.3 Å². The van der Waals surface area contributed by atoms with Gasteiger partial charge in [-0.3, -0.25) is 0 Å². The Morgan fingerprint density at radius 2 is 2.43 bits per heavy atom. The minimum Gasteiger partial charge on any atom is -0.386 e. The number of rotatable bonds is 2. The summed E-state index contributed by atoms with van der Waals surface area (Å²) >= 11 is 0. The highest BCUT2D eigenvalue weighted by atomic mass is 15.3. The fourth-order valence-corrected chi connectivity index (χ4v) is 0.135. The highest BCUT2D eigenvalue weighted by molar-refractivity contribution is 5.79. The van der Waals surface area contributed by atoms with Crippen molar-refractivity contribution < 1.29 is 0 Å². The molecule has 0 radical (unpaired) electrons. The van der Waals surface area contributed by atoms with Crippen LogP contribution in [-0.4, -0.2) is 5.84 Å². The van der Waals surface area contributed by atoms with E-state index in [4.69, 9.17) is 11.3 Å². The summed E-state index contributed by atoms with van der Waals surface area (Å²) < 4.78 is 0. The quantitative estimate of drug-likeness (QED) is 0.228. The lowest BCUT2D eigenvalue weighted by Gasteiger charge is -1.83. The second-order valence-electron chi connectivity index (χ2n) is 1.04. The van der Waals surface area contributed by atoms with Crippen LogP contribution in [0.2, 0.25) is 0 Å². The molecule has 0 atom stereocenters.